The van der Waals surface area contributed by atoms with E-state index in [-0.39, 0.29) is 17.9 Å². The number of hydrogen-bond acceptors (Lipinski definition) is 5. The molecule has 0 aliphatic carbocycles. The maximum atomic E-state index is 13.0. The van der Waals surface area contributed by atoms with E-state index in [4.69, 9.17) is 9.47 Å². The standard InChI is InChI=1S/C27H19BrF3N3O3/c1-2-36-24-12-17(11-23(28)25(24)37-16-19-7-4-3-6-18(19)14-32)10-20(15-33)26(35)34-22-9-5-8-21(13-22)27(29,30)31/h3-13H,2,16H2,1H3,(H,34,35)/b20-10-. The number of amides is 1. The molecule has 188 valence electrons. The van der Waals surface area contributed by atoms with Crippen molar-refractivity contribution in [2.75, 3.05) is 11.9 Å². The van der Waals surface area contributed by atoms with E-state index >= 15 is 0 Å². The van der Waals surface area contributed by atoms with Gasteiger partial charge in [0.15, 0.2) is 11.5 Å². The fourth-order valence-corrected chi connectivity index (χ4v) is 3.84. The van der Waals surface area contributed by atoms with Gasteiger partial charge in [-0.1, -0.05) is 24.3 Å². The SMILES string of the molecule is CCOc1cc(/C=C(/C#N)C(=O)Nc2cccc(C(F)(F)F)c2)cc(Br)c1OCc1ccccc1C#N. The van der Waals surface area contributed by atoms with E-state index in [1.54, 1.807) is 49.4 Å². The number of hydrogen-bond donors (Lipinski definition) is 1. The Kier molecular flexibility index (Phi) is 8.94. The van der Waals surface area contributed by atoms with Gasteiger partial charge in [-0.3, -0.25) is 4.79 Å². The average molecular weight is 570 g/mol. The summed E-state index contributed by atoms with van der Waals surface area (Å²) in [4.78, 5) is 12.6. The van der Waals surface area contributed by atoms with E-state index in [1.165, 1.54) is 12.1 Å². The Labute approximate surface area is 219 Å². The van der Waals surface area contributed by atoms with Crippen molar-refractivity contribution in [2.45, 2.75) is 19.7 Å². The zero-order valence-corrected chi connectivity index (χ0v) is 21.0. The Morgan fingerprint density at radius 1 is 1.08 bits per heavy atom. The molecular formula is C27H19BrF3N3O3. The summed E-state index contributed by atoms with van der Waals surface area (Å²) in [7, 11) is 0. The predicted octanol–water partition coefficient (Wildman–Crippen LogP) is 6.86. The van der Waals surface area contributed by atoms with Crippen LogP contribution in [0.5, 0.6) is 11.5 Å². The minimum absolute atomic E-state index is 0.0977. The molecule has 0 aliphatic rings. The highest BCUT2D eigenvalue weighted by atomic mass is 79.9. The summed E-state index contributed by atoms with van der Waals surface area (Å²) < 4.78 is 51.0. The Bertz CT molecular complexity index is 1420. The first kappa shape index (κ1) is 27.3. The summed E-state index contributed by atoms with van der Waals surface area (Å²) in [6.45, 7) is 2.17. The lowest BCUT2D eigenvalue weighted by Crippen LogP contribution is -2.14. The highest BCUT2D eigenvalue weighted by molar-refractivity contribution is 9.10. The summed E-state index contributed by atoms with van der Waals surface area (Å²) in [5.41, 5.74) is 0.215. The van der Waals surface area contributed by atoms with Gasteiger partial charge < -0.3 is 14.8 Å². The Morgan fingerprint density at radius 3 is 2.51 bits per heavy atom. The van der Waals surface area contributed by atoms with Gasteiger partial charge in [0, 0.05) is 11.3 Å². The van der Waals surface area contributed by atoms with E-state index in [0.29, 0.717) is 39.3 Å². The molecule has 0 fully saturated rings. The average Bonchev–Trinajstić information content (AvgIpc) is 2.86. The minimum atomic E-state index is -4.57. The van der Waals surface area contributed by atoms with Crippen molar-refractivity contribution in [3.63, 3.8) is 0 Å². The van der Waals surface area contributed by atoms with Crippen LogP contribution in [0.1, 0.15) is 29.2 Å². The van der Waals surface area contributed by atoms with Gasteiger partial charge in [-0.15, -0.1) is 0 Å². The number of halogens is 4. The van der Waals surface area contributed by atoms with Crippen molar-refractivity contribution in [1.82, 2.24) is 0 Å². The van der Waals surface area contributed by atoms with Crippen molar-refractivity contribution in [2.24, 2.45) is 0 Å². The van der Waals surface area contributed by atoms with Gasteiger partial charge in [0.05, 0.1) is 28.3 Å². The monoisotopic (exact) mass is 569 g/mol. The van der Waals surface area contributed by atoms with Crippen LogP contribution in [0.4, 0.5) is 18.9 Å². The fraction of sp³-hybridized carbons (Fsp3) is 0.148. The number of rotatable bonds is 8. The molecule has 0 saturated heterocycles. The normalized spacial score (nSPS) is 11.3. The third-order valence-corrected chi connectivity index (χ3v) is 5.55. The first-order valence-electron chi connectivity index (χ1n) is 10.8. The molecule has 0 heterocycles. The molecule has 0 unspecified atom stereocenters. The number of alkyl halides is 3. The zero-order chi connectivity index (χ0) is 27.0. The fourth-order valence-electron chi connectivity index (χ4n) is 3.27. The van der Waals surface area contributed by atoms with Crippen LogP contribution in [-0.4, -0.2) is 12.5 Å². The summed E-state index contributed by atoms with van der Waals surface area (Å²) in [6.07, 6.45) is -3.29. The second kappa shape index (κ2) is 12.1. The van der Waals surface area contributed by atoms with Crippen LogP contribution in [0.2, 0.25) is 0 Å². The van der Waals surface area contributed by atoms with E-state index in [9.17, 15) is 28.5 Å². The van der Waals surface area contributed by atoms with Gasteiger partial charge in [-0.2, -0.15) is 23.7 Å². The van der Waals surface area contributed by atoms with Gasteiger partial charge in [0.25, 0.3) is 5.91 Å². The topological polar surface area (TPSA) is 95.1 Å². The molecule has 0 radical (unpaired) electrons. The van der Waals surface area contributed by atoms with Gasteiger partial charge in [0.2, 0.25) is 0 Å². The third-order valence-electron chi connectivity index (χ3n) is 4.97. The maximum Gasteiger partial charge on any atom is 0.416 e. The van der Waals surface area contributed by atoms with E-state index in [0.717, 1.165) is 18.2 Å². The molecule has 0 aromatic heterocycles. The molecule has 3 aromatic carbocycles. The lowest BCUT2D eigenvalue weighted by Gasteiger charge is -2.15. The van der Waals surface area contributed by atoms with Gasteiger partial charge >= 0.3 is 6.18 Å². The second-order valence-corrected chi connectivity index (χ2v) is 8.38. The number of carbonyl (C=O) groups excluding carboxylic acids is 1. The van der Waals surface area contributed by atoms with E-state index in [2.05, 4.69) is 27.3 Å². The summed E-state index contributed by atoms with van der Waals surface area (Å²) in [5.74, 6) is -0.184. The van der Waals surface area contributed by atoms with Crippen molar-refractivity contribution < 1.29 is 27.4 Å². The van der Waals surface area contributed by atoms with Crippen LogP contribution in [0.3, 0.4) is 0 Å². The molecule has 0 atom stereocenters. The first-order chi connectivity index (χ1) is 17.7. The quantitative estimate of drug-likeness (QED) is 0.236. The Morgan fingerprint density at radius 2 is 1.84 bits per heavy atom. The smallest absolute Gasteiger partial charge is 0.416 e. The lowest BCUT2D eigenvalue weighted by atomic mass is 10.1. The van der Waals surface area contributed by atoms with Crippen LogP contribution < -0.4 is 14.8 Å². The van der Waals surface area contributed by atoms with E-state index < -0.39 is 17.6 Å². The number of benzene rings is 3. The number of nitriles is 2. The molecule has 1 amide bonds. The number of ether oxygens (including phenoxy) is 2. The van der Waals surface area contributed by atoms with Crippen LogP contribution in [0, 0.1) is 22.7 Å². The zero-order valence-electron chi connectivity index (χ0n) is 19.4. The summed E-state index contributed by atoms with van der Waals surface area (Å²) in [5, 5.41) is 21.1. The van der Waals surface area contributed by atoms with Crippen molar-refractivity contribution in [3.8, 4) is 23.6 Å². The van der Waals surface area contributed by atoms with Crippen LogP contribution in [0.25, 0.3) is 6.08 Å². The highest BCUT2D eigenvalue weighted by Gasteiger charge is 2.30. The molecule has 0 saturated carbocycles. The molecule has 0 spiro atoms. The largest absolute Gasteiger partial charge is 0.490 e. The van der Waals surface area contributed by atoms with Gasteiger partial charge in [0.1, 0.15) is 18.2 Å². The number of carbonyl (C=O) groups is 1. The molecule has 1 N–H and O–H groups in total. The Balaban J connectivity index is 1.86. The molecule has 3 aromatic rings. The molecular weight excluding hydrogens is 551 g/mol. The van der Waals surface area contributed by atoms with Crippen LogP contribution >= 0.6 is 15.9 Å². The molecule has 0 bridgehead atoms. The second-order valence-electron chi connectivity index (χ2n) is 7.52. The first-order valence-corrected chi connectivity index (χ1v) is 11.6. The van der Waals surface area contributed by atoms with E-state index in [1.807, 2.05) is 0 Å². The Hall–Kier alpha value is -4.28. The minimum Gasteiger partial charge on any atom is -0.490 e. The lowest BCUT2D eigenvalue weighted by molar-refractivity contribution is -0.137. The summed E-state index contributed by atoms with van der Waals surface area (Å²) >= 11 is 3.42. The van der Waals surface area contributed by atoms with Crippen LogP contribution in [-0.2, 0) is 17.6 Å². The highest BCUT2D eigenvalue weighted by Crippen LogP contribution is 2.38. The molecule has 0 aliphatic heterocycles. The van der Waals surface area contributed by atoms with Crippen LogP contribution in [0.15, 0.2) is 70.7 Å². The summed E-state index contributed by atoms with van der Waals surface area (Å²) in [6, 6.07) is 18.2. The maximum absolute atomic E-state index is 13.0. The van der Waals surface area contributed by atoms with Crippen molar-refractivity contribution in [1.29, 1.82) is 10.5 Å². The number of nitrogens with zero attached hydrogens (tertiary/aromatic N) is 2. The van der Waals surface area contributed by atoms with Gasteiger partial charge in [-0.05, 0) is 70.9 Å². The molecule has 3 rings (SSSR count). The number of nitrogens with one attached hydrogen (secondary N) is 1. The van der Waals surface area contributed by atoms with Crippen molar-refractivity contribution >= 4 is 33.6 Å². The van der Waals surface area contributed by atoms with Crippen molar-refractivity contribution in [3.05, 3.63) is 93.0 Å². The molecule has 37 heavy (non-hydrogen) atoms. The predicted molar refractivity (Wildman–Crippen MR) is 134 cm³/mol. The molecule has 6 nitrogen and oxygen atoms in total. The third kappa shape index (κ3) is 7.12. The van der Waals surface area contributed by atoms with Gasteiger partial charge in [-0.25, -0.2) is 0 Å². The molecule has 10 heteroatoms. The number of anilines is 1.